The van der Waals surface area contributed by atoms with Gasteiger partial charge in [0.05, 0.1) is 15.8 Å². The Labute approximate surface area is 121 Å². The molecule has 0 fully saturated rings. The fourth-order valence-corrected chi connectivity index (χ4v) is 2.47. The number of anilines is 1. The molecule has 0 bridgehead atoms. The van der Waals surface area contributed by atoms with Gasteiger partial charge in [0.1, 0.15) is 0 Å². The third-order valence-electron chi connectivity index (χ3n) is 2.73. The van der Waals surface area contributed by atoms with Gasteiger partial charge >= 0.3 is 5.97 Å². The van der Waals surface area contributed by atoms with Crippen LogP contribution in [0.3, 0.4) is 0 Å². The van der Waals surface area contributed by atoms with Gasteiger partial charge < -0.3 is 15.7 Å². The van der Waals surface area contributed by atoms with Crippen molar-refractivity contribution in [3.8, 4) is 0 Å². The van der Waals surface area contributed by atoms with E-state index in [1.807, 2.05) is 0 Å². The van der Waals surface area contributed by atoms with Gasteiger partial charge in [-0.25, -0.2) is 0 Å². The molecular formula is C13H18N2O4S. The molecule has 1 aromatic heterocycles. The molecule has 0 aliphatic heterocycles. The van der Waals surface area contributed by atoms with Gasteiger partial charge in [-0.3, -0.25) is 14.4 Å². The highest BCUT2D eigenvalue weighted by Crippen LogP contribution is 2.21. The van der Waals surface area contributed by atoms with E-state index in [1.54, 1.807) is 26.0 Å². The third-order valence-corrected chi connectivity index (χ3v) is 3.73. The van der Waals surface area contributed by atoms with Gasteiger partial charge in [0.15, 0.2) is 0 Å². The van der Waals surface area contributed by atoms with Crippen molar-refractivity contribution >= 4 is 34.1 Å². The SMILES string of the molecule is CC(=O)Nc1ccc(C(=O)NCC(C(=O)O)C(C)C)s1. The Bertz CT molecular complexity index is 510. The lowest BCUT2D eigenvalue weighted by molar-refractivity contribution is -0.142. The maximum atomic E-state index is 11.9. The lowest BCUT2D eigenvalue weighted by atomic mass is 9.96. The number of carbonyl (C=O) groups is 3. The van der Waals surface area contributed by atoms with Crippen molar-refractivity contribution in [2.75, 3.05) is 11.9 Å². The maximum absolute atomic E-state index is 11.9. The van der Waals surface area contributed by atoms with Crippen LogP contribution in [0.15, 0.2) is 12.1 Å². The van der Waals surface area contributed by atoms with E-state index in [0.717, 1.165) is 11.3 Å². The normalized spacial score (nSPS) is 12.0. The highest BCUT2D eigenvalue weighted by atomic mass is 32.1. The van der Waals surface area contributed by atoms with Gasteiger partial charge in [-0.05, 0) is 18.1 Å². The van der Waals surface area contributed by atoms with Crippen LogP contribution in [0.1, 0.15) is 30.4 Å². The topological polar surface area (TPSA) is 95.5 Å². The molecule has 0 aromatic carbocycles. The Balaban J connectivity index is 2.60. The van der Waals surface area contributed by atoms with Crippen molar-refractivity contribution in [1.29, 1.82) is 0 Å². The van der Waals surface area contributed by atoms with E-state index in [-0.39, 0.29) is 24.3 Å². The molecule has 3 N–H and O–H groups in total. The predicted octanol–water partition coefficient (Wildman–Crippen LogP) is 1.79. The second-order valence-electron chi connectivity index (χ2n) is 4.74. The first-order valence-electron chi connectivity index (χ1n) is 6.19. The number of rotatable bonds is 6. The van der Waals surface area contributed by atoms with Crippen LogP contribution in [0, 0.1) is 11.8 Å². The number of hydrogen-bond acceptors (Lipinski definition) is 4. The van der Waals surface area contributed by atoms with Crippen molar-refractivity contribution in [1.82, 2.24) is 5.32 Å². The van der Waals surface area contributed by atoms with Crippen LogP contribution in [0.2, 0.25) is 0 Å². The molecule has 110 valence electrons. The van der Waals surface area contributed by atoms with E-state index < -0.39 is 11.9 Å². The van der Waals surface area contributed by atoms with Crippen LogP contribution in [-0.2, 0) is 9.59 Å². The molecule has 0 saturated carbocycles. The molecule has 0 radical (unpaired) electrons. The Hall–Kier alpha value is -1.89. The van der Waals surface area contributed by atoms with E-state index in [2.05, 4.69) is 10.6 Å². The average molecular weight is 298 g/mol. The fraction of sp³-hybridized carbons (Fsp3) is 0.462. The maximum Gasteiger partial charge on any atom is 0.308 e. The average Bonchev–Trinajstić information content (AvgIpc) is 2.75. The van der Waals surface area contributed by atoms with Gasteiger partial charge in [0.25, 0.3) is 5.91 Å². The molecular weight excluding hydrogens is 280 g/mol. The van der Waals surface area contributed by atoms with Crippen LogP contribution in [0.5, 0.6) is 0 Å². The summed E-state index contributed by atoms with van der Waals surface area (Å²) in [6.45, 7) is 5.06. The molecule has 2 amide bonds. The molecule has 1 atom stereocenters. The standard InChI is InChI=1S/C13H18N2O4S/c1-7(2)9(13(18)19)6-14-12(17)10-4-5-11(20-10)15-8(3)16/h4-5,7,9H,6H2,1-3H3,(H,14,17)(H,15,16)(H,18,19). The van der Waals surface area contributed by atoms with Crippen molar-refractivity contribution in [2.24, 2.45) is 11.8 Å². The van der Waals surface area contributed by atoms with E-state index in [1.165, 1.54) is 6.92 Å². The summed E-state index contributed by atoms with van der Waals surface area (Å²) in [6, 6.07) is 3.23. The Morgan fingerprint density at radius 2 is 1.95 bits per heavy atom. The minimum atomic E-state index is -0.926. The lowest BCUT2D eigenvalue weighted by Crippen LogP contribution is -2.35. The zero-order valence-electron chi connectivity index (χ0n) is 11.6. The number of carboxylic acid groups (broad SMARTS) is 1. The van der Waals surface area contributed by atoms with Gasteiger partial charge in [0, 0.05) is 13.5 Å². The molecule has 1 rings (SSSR count). The quantitative estimate of drug-likeness (QED) is 0.746. The smallest absolute Gasteiger partial charge is 0.308 e. The third kappa shape index (κ3) is 4.65. The molecule has 6 nitrogen and oxygen atoms in total. The Morgan fingerprint density at radius 1 is 1.30 bits per heavy atom. The van der Waals surface area contributed by atoms with Crippen LogP contribution in [0.4, 0.5) is 5.00 Å². The molecule has 1 aromatic rings. The van der Waals surface area contributed by atoms with Gasteiger partial charge in [0.2, 0.25) is 5.91 Å². The monoisotopic (exact) mass is 298 g/mol. The lowest BCUT2D eigenvalue weighted by Gasteiger charge is -2.16. The Kier molecular flexibility index (Phi) is 5.69. The number of aliphatic carboxylic acids is 1. The second-order valence-corrected chi connectivity index (χ2v) is 5.83. The zero-order valence-corrected chi connectivity index (χ0v) is 12.4. The number of carboxylic acids is 1. The summed E-state index contributed by atoms with van der Waals surface area (Å²) < 4.78 is 0. The number of carbonyl (C=O) groups excluding carboxylic acids is 2. The van der Waals surface area contributed by atoms with Gasteiger partial charge in [-0.15, -0.1) is 11.3 Å². The van der Waals surface area contributed by atoms with Crippen molar-refractivity contribution < 1.29 is 19.5 Å². The summed E-state index contributed by atoms with van der Waals surface area (Å²) >= 11 is 1.15. The first-order valence-corrected chi connectivity index (χ1v) is 7.01. The molecule has 0 aliphatic rings. The van der Waals surface area contributed by atoms with Crippen molar-refractivity contribution in [3.63, 3.8) is 0 Å². The molecule has 20 heavy (non-hydrogen) atoms. The first kappa shape index (κ1) is 16.2. The Morgan fingerprint density at radius 3 is 2.45 bits per heavy atom. The minimum Gasteiger partial charge on any atom is -0.481 e. The zero-order chi connectivity index (χ0) is 15.3. The second kappa shape index (κ2) is 7.04. The first-order chi connectivity index (χ1) is 9.31. The molecule has 0 aliphatic carbocycles. The number of thiophene rings is 1. The van der Waals surface area contributed by atoms with E-state index in [9.17, 15) is 14.4 Å². The van der Waals surface area contributed by atoms with Crippen LogP contribution < -0.4 is 10.6 Å². The molecule has 1 unspecified atom stereocenters. The van der Waals surface area contributed by atoms with E-state index in [4.69, 9.17) is 5.11 Å². The predicted molar refractivity (Wildman–Crippen MR) is 76.9 cm³/mol. The van der Waals surface area contributed by atoms with Crippen LogP contribution in [-0.4, -0.2) is 29.4 Å². The number of hydrogen-bond donors (Lipinski definition) is 3. The summed E-state index contributed by atoms with van der Waals surface area (Å²) in [7, 11) is 0. The summed E-state index contributed by atoms with van der Waals surface area (Å²) in [5.41, 5.74) is 0. The summed E-state index contributed by atoms with van der Waals surface area (Å²) in [5.74, 6) is -2.15. The summed E-state index contributed by atoms with van der Waals surface area (Å²) in [6.07, 6.45) is 0. The van der Waals surface area contributed by atoms with Crippen molar-refractivity contribution in [2.45, 2.75) is 20.8 Å². The molecule has 0 spiro atoms. The van der Waals surface area contributed by atoms with Crippen molar-refractivity contribution in [3.05, 3.63) is 17.0 Å². The largest absolute Gasteiger partial charge is 0.481 e. The highest BCUT2D eigenvalue weighted by Gasteiger charge is 2.22. The summed E-state index contributed by atoms with van der Waals surface area (Å²) in [5, 5.41) is 14.8. The van der Waals surface area contributed by atoms with Gasteiger partial charge in [-0.2, -0.15) is 0 Å². The van der Waals surface area contributed by atoms with E-state index >= 15 is 0 Å². The van der Waals surface area contributed by atoms with Crippen LogP contribution >= 0.6 is 11.3 Å². The molecule has 7 heteroatoms. The molecule has 0 saturated heterocycles. The minimum absolute atomic E-state index is 0.0638. The molecule has 1 heterocycles. The highest BCUT2D eigenvalue weighted by molar-refractivity contribution is 7.18. The summed E-state index contributed by atoms with van der Waals surface area (Å²) in [4.78, 5) is 34.2. The number of nitrogens with one attached hydrogen (secondary N) is 2. The van der Waals surface area contributed by atoms with Crippen LogP contribution in [0.25, 0.3) is 0 Å². The fourth-order valence-electron chi connectivity index (χ4n) is 1.60. The van der Waals surface area contributed by atoms with Gasteiger partial charge in [-0.1, -0.05) is 13.8 Å². The number of amides is 2. The van der Waals surface area contributed by atoms with E-state index in [0.29, 0.717) is 9.88 Å².